The molecule has 5 nitrogen and oxygen atoms in total. The van der Waals surface area contributed by atoms with Crippen LogP contribution in [0.15, 0.2) is 48.5 Å². The van der Waals surface area contributed by atoms with Crippen LogP contribution in [0.25, 0.3) is 0 Å². The van der Waals surface area contributed by atoms with Crippen LogP contribution in [-0.4, -0.2) is 63.8 Å². The number of carbonyl (C=O) groups excluding carboxylic acids is 1. The second kappa shape index (κ2) is 9.24. The molecule has 170 valence electrons. The fourth-order valence-corrected chi connectivity index (χ4v) is 5.81. The highest BCUT2D eigenvalue weighted by atomic mass is 16.5. The number of likely N-dealkylation sites (N-methyl/N-ethyl adjacent to an activating group) is 1. The molecule has 0 saturated carbocycles. The Labute approximate surface area is 191 Å². The average molecular weight is 434 g/mol. The molecule has 5 heteroatoms. The quantitative estimate of drug-likeness (QED) is 0.758. The molecular weight excluding hydrogens is 398 g/mol. The lowest BCUT2D eigenvalue weighted by Gasteiger charge is -2.30. The summed E-state index contributed by atoms with van der Waals surface area (Å²) in [4.78, 5) is 18.0. The predicted molar refractivity (Wildman–Crippen MR) is 128 cm³/mol. The zero-order chi connectivity index (χ0) is 22.0. The van der Waals surface area contributed by atoms with Gasteiger partial charge in [0.05, 0.1) is 0 Å². The van der Waals surface area contributed by atoms with Crippen molar-refractivity contribution < 1.29 is 9.53 Å². The first-order valence-electron chi connectivity index (χ1n) is 12.1. The SMILES string of the molecule is CN1CCC2(C1)CN(CC1CCOCC1)c1ccc(C(=O)NCCc3ccccc3)cc12. The van der Waals surface area contributed by atoms with Crippen LogP contribution in [-0.2, 0) is 16.6 Å². The molecule has 1 spiro atoms. The zero-order valence-corrected chi connectivity index (χ0v) is 19.2. The van der Waals surface area contributed by atoms with Gasteiger partial charge in [0.1, 0.15) is 0 Å². The Morgan fingerprint density at radius 2 is 1.94 bits per heavy atom. The van der Waals surface area contributed by atoms with Crippen molar-refractivity contribution in [1.82, 2.24) is 10.2 Å². The van der Waals surface area contributed by atoms with Gasteiger partial charge in [-0.05, 0) is 74.5 Å². The summed E-state index contributed by atoms with van der Waals surface area (Å²) in [6.45, 7) is 6.81. The molecule has 1 N–H and O–H groups in total. The third kappa shape index (κ3) is 4.41. The number of likely N-dealkylation sites (tertiary alicyclic amines) is 1. The number of fused-ring (bicyclic) bond motifs is 2. The van der Waals surface area contributed by atoms with Crippen LogP contribution in [0, 0.1) is 5.92 Å². The molecule has 3 aliphatic heterocycles. The minimum absolute atomic E-state index is 0.0353. The van der Waals surface area contributed by atoms with E-state index in [4.69, 9.17) is 4.74 Å². The monoisotopic (exact) mass is 433 g/mol. The van der Waals surface area contributed by atoms with E-state index in [-0.39, 0.29) is 11.3 Å². The molecule has 2 saturated heterocycles. The van der Waals surface area contributed by atoms with Gasteiger partial charge in [-0.25, -0.2) is 0 Å². The average Bonchev–Trinajstić information content (AvgIpc) is 3.34. The lowest BCUT2D eigenvalue weighted by atomic mass is 9.81. The van der Waals surface area contributed by atoms with Crippen molar-refractivity contribution >= 4 is 11.6 Å². The molecule has 1 atom stereocenters. The maximum absolute atomic E-state index is 13.0. The van der Waals surface area contributed by atoms with Gasteiger partial charge >= 0.3 is 0 Å². The third-order valence-electron chi connectivity index (χ3n) is 7.57. The summed E-state index contributed by atoms with van der Waals surface area (Å²) in [7, 11) is 2.22. The molecule has 1 amide bonds. The molecule has 0 bridgehead atoms. The van der Waals surface area contributed by atoms with Crippen molar-refractivity contribution in [2.24, 2.45) is 5.92 Å². The first-order chi connectivity index (χ1) is 15.6. The van der Waals surface area contributed by atoms with Crippen LogP contribution in [0.2, 0.25) is 0 Å². The molecule has 3 heterocycles. The fourth-order valence-electron chi connectivity index (χ4n) is 5.81. The fraction of sp³-hybridized carbons (Fsp3) is 0.519. The van der Waals surface area contributed by atoms with Crippen molar-refractivity contribution in [3.05, 3.63) is 65.2 Å². The first kappa shape index (κ1) is 21.5. The summed E-state index contributed by atoms with van der Waals surface area (Å²) < 4.78 is 5.57. The number of hydrogen-bond donors (Lipinski definition) is 1. The van der Waals surface area contributed by atoms with Crippen LogP contribution in [0.3, 0.4) is 0 Å². The van der Waals surface area contributed by atoms with Crippen molar-refractivity contribution in [2.75, 3.05) is 57.9 Å². The van der Waals surface area contributed by atoms with E-state index in [2.05, 4.69) is 46.4 Å². The molecule has 0 aliphatic carbocycles. The van der Waals surface area contributed by atoms with Gasteiger partial charge in [0, 0.05) is 56.1 Å². The normalized spacial score (nSPS) is 23.6. The summed E-state index contributed by atoms with van der Waals surface area (Å²) in [6, 6.07) is 16.7. The topological polar surface area (TPSA) is 44.8 Å². The lowest BCUT2D eigenvalue weighted by molar-refractivity contribution is 0.0681. The number of ether oxygens (including phenoxy) is 1. The lowest BCUT2D eigenvalue weighted by Crippen LogP contribution is -2.38. The second-order valence-corrected chi connectivity index (χ2v) is 9.93. The predicted octanol–water partition coefficient (Wildman–Crippen LogP) is 3.48. The van der Waals surface area contributed by atoms with Crippen LogP contribution >= 0.6 is 0 Å². The number of rotatable bonds is 6. The number of hydrogen-bond acceptors (Lipinski definition) is 4. The first-order valence-corrected chi connectivity index (χ1v) is 12.1. The highest BCUT2D eigenvalue weighted by Gasteiger charge is 2.46. The van der Waals surface area contributed by atoms with Gasteiger partial charge < -0.3 is 19.9 Å². The number of amides is 1. The molecule has 0 aromatic heterocycles. The number of carbonyl (C=O) groups is 1. The molecule has 1 unspecified atom stereocenters. The van der Waals surface area contributed by atoms with E-state index in [0.29, 0.717) is 12.5 Å². The summed E-state index contributed by atoms with van der Waals surface area (Å²) in [6.07, 6.45) is 4.33. The van der Waals surface area contributed by atoms with Crippen LogP contribution < -0.4 is 10.2 Å². The number of anilines is 1. The Morgan fingerprint density at radius 3 is 2.69 bits per heavy atom. The van der Waals surface area contributed by atoms with Crippen LogP contribution in [0.4, 0.5) is 5.69 Å². The molecule has 5 rings (SSSR count). The van der Waals surface area contributed by atoms with Crippen LogP contribution in [0.5, 0.6) is 0 Å². The van der Waals surface area contributed by atoms with Gasteiger partial charge in [0.25, 0.3) is 5.91 Å². The van der Waals surface area contributed by atoms with Gasteiger partial charge in [-0.2, -0.15) is 0 Å². The Balaban J connectivity index is 1.32. The van der Waals surface area contributed by atoms with Gasteiger partial charge in [0.15, 0.2) is 0 Å². The van der Waals surface area contributed by atoms with E-state index in [0.717, 1.165) is 64.2 Å². The number of nitrogens with zero attached hydrogens (tertiary/aromatic N) is 2. The molecule has 32 heavy (non-hydrogen) atoms. The van der Waals surface area contributed by atoms with E-state index in [1.165, 1.54) is 23.2 Å². The van der Waals surface area contributed by atoms with Crippen LogP contribution in [0.1, 0.15) is 40.7 Å². The summed E-state index contributed by atoms with van der Waals surface area (Å²) >= 11 is 0. The van der Waals surface area contributed by atoms with Crippen molar-refractivity contribution in [1.29, 1.82) is 0 Å². The van der Waals surface area contributed by atoms with Crippen molar-refractivity contribution in [3.63, 3.8) is 0 Å². The summed E-state index contributed by atoms with van der Waals surface area (Å²) in [5, 5.41) is 3.13. The highest BCUT2D eigenvalue weighted by molar-refractivity contribution is 5.95. The number of nitrogens with one attached hydrogen (secondary N) is 1. The Hall–Kier alpha value is -2.37. The third-order valence-corrected chi connectivity index (χ3v) is 7.57. The molecule has 2 aromatic rings. The van der Waals surface area contributed by atoms with Crippen molar-refractivity contribution in [3.8, 4) is 0 Å². The molecule has 3 aliphatic rings. The van der Waals surface area contributed by atoms with Gasteiger partial charge in [0.2, 0.25) is 0 Å². The Bertz CT molecular complexity index is 941. The minimum Gasteiger partial charge on any atom is -0.381 e. The molecular formula is C27H35N3O2. The van der Waals surface area contributed by atoms with E-state index < -0.39 is 0 Å². The van der Waals surface area contributed by atoms with Crippen molar-refractivity contribution in [2.45, 2.75) is 31.1 Å². The zero-order valence-electron chi connectivity index (χ0n) is 19.2. The smallest absolute Gasteiger partial charge is 0.251 e. The maximum atomic E-state index is 13.0. The van der Waals surface area contributed by atoms with Gasteiger partial charge in [-0.1, -0.05) is 30.3 Å². The van der Waals surface area contributed by atoms with E-state index in [1.807, 2.05) is 24.3 Å². The molecule has 2 aromatic carbocycles. The van der Waals surface area contributed by atoms with Gasteiger partial charge in [-0.15, -0.1) is 0 Å². The van der Waals surface area contributed by atoms with E-state index >= 15 is 0 Å². The van der Waals surface area contributed by atoms with Gasteiger partial charge in [-0.3, -0.25) is 4.79 Å². The molecule has 2 fully saturated rings. The van der Waals surface area contributed by atoms with E-state index in [1.54, 1.807) is 0 Å². The van der Waals surface area contributed by atoms with E-state index in [9.17, 15) is 4.79 Å². The molecule has 0 radical (unpaired) electrons. The highest BCUT2D eigenvalue weighted by Crippen LogP contribution is 2.47. The Kier molecular flexibility index (Phi) is 6.20. The Morgan fingerprint density at radius 1 is 1.12 bits per heavy atom. The minimum atomic E-state index is 0.0353. The number of benzene rings is 2. The summed E-state index contributed by atoms with van der Waals surface area (Å²) in [5.74, 6) is 0.736. The summed E-state index contributed by atoms with van der Waals surface area (Å²) in [5.41, 5.74) is 4.91. The maximum Gasteiger partial charge on any atom is 0.251 e. The largest absolute Gasteiger partial charge is 0.381 e. The standard InChI is InChI=1S/C27H35N3O2/c1-29-14-12-27(19-29)20-30(18-22-10-15-32-16-11-22)25-8-7-23(17-24(25)27)26(31)28-13-9-21-5-3-2-4-6-21/h2-8,17,22H,9-16,18-20H2,1H3,(H,28,31). The second-order valence-electron chi connectivity index (χ2n) is 9.93.